The van der Waals surface area contributed by atoms with Crippen LogP contribution in [0.15, 0.2) is 46.9 Å². The van der Waals surface area contributed by atoms with Gasteiger partial charge in [-0.15, -0.1) is 0 Å². The van der Waals surface area contributed by atoms with Gasteiger partial charge >= 0.3 is 0 Å². The monoisotopic (exact) mass is 540 g/mol. The molecule has 1 atom stereocenters. The molecule has 1 N–H and O–H groups in total. The highest BCUT2D eigenvalue weighted by Gasteiger charge is 2.31. The van der Waals surface area contributed by atoms with Crippen molar-refractivity contribution in [1.82, 2.24) is 10.2 Å². The predicted molar refractivity (Wildman–Crippen MR) is 131 cm³/mol. The van der Waals surface area contributed by atoms with Crippen LogP contribution >= 0.6 is 39.1 Å². The fraction of sp³-hybridized carbons (Fsp3) is 0.417. The van der Waals surface area contributed by atoms with Crippen molar-refractivity contribution in [2.24, 2.45) is 0 Å². The Hall–Kier alpha value is -1.76. The van der Waals surface area contributed by atoms with Gasteiger partial charge in [0.2, 0.25) is 5.91 Å². The zero-order valence-corrected chi connectivity index (χ0v) is 21.0. The van der Waals surface area contributed by atoms with Gasteiger partial charge in [0.05, 0.1) is 0 Å². The van der Waals surface area contributed by atoms with Crippen molar-refractivity contribution in [3.63, 3.8) is 0 Å². The molecule has 0 unspecified atom stereocenters. The van der Waals surface area contributed by atoms with E-state index >= 15 is 0 Å². The molecule has 1 saturated carbocycles. The Kier molecular flexibility index (Phi) is 9.26. The topological polar surface area (TPSA) is 58.6 Å². The van der Waals surface area contributed by atoms with Crippen LogP contribution in [0.2, 0.25) is 10.0 Å². The SMILES string of the molecule is CC[C@@H](C(=O)NC1CCCC1)N(Cc1ccc(Cl)cc1Cl)C(=O)COc1ccc(Br)cc1. The summed E-state index contributed by atoms with van der Waals surface area (Å²) in [6.45, 7) is 1.91. The third-order valence-corrected chi connectivity index (χ3v) is 6.73. The summed E-state index contributed by atoms with van der Waals surface area (Å²) in [6, 6.07) is 11.9. The minimum absolute atomic E-state index is 0.138. The molecule has 1 aliphatic carbocycles. The number of carbonyl (C=O) groups excluding carboxylic acids is 2. The number of carbonyl (C=O) groups is 2. The van der Waals surface area contributed by atoms with Gasteiger partial charge in [0.25, 0.3) is 5.91 Å². The van der Waals surface area contributed by atoms with E-state index in [0.29, 0.717) is 22.2 Å². The quantitative estimate of drug-likeness (QED) is 0.423. The highest BCUT2D eigenvalue weighted by atomic mass is 79.9. The number of rotatable bonds is 9. The van der Waals surface area contributed by atoms with Crippen LogP contribution in [-0.2, 0) is 16.1 Å². The number of nitrogens with one attached hydrogen (secondary N) is 1. The summed E-state index contributed by atoms with van der Waals surface area (Å²) in [5.41, 5.74) is 0.722. The van der Waals surface area contributed by atoms with Crippen LogP contribution in [0.5, 0.6) is 5.75 Å². The molecule has 32 heavy (non-hydrogen) atoms. The maximum atomic E-state index is 13.3. The van der Waals surface area contributed by atoms with Gasteiger partial charge in [0.15, 0.2) is 6.61 Å². The number of amides is 2. The molecule has 0 spiro atoms. The Morgan fingerprint density at radius 1 is 1.16 bits per heavy atom. The molecule has 0 heterocycles. The Bertz CT molecular complexity index is 933. The lowest BCUT2D eigenvalue weighted by atomic mass is 10.1. The third kappa shape index (κ3) is 6.87. The van der Waals surface area contributed by atoms with Gasteiger partial charge in [-0.1, -0.05) is 65.0 Å². The largest absolute Gasteiger partial charge is 0.484 e. The average molecular weight is 542 g/mol. The molecule has 0 radical (unpaired) electrons. The molecule has 0 saturated heterocycles. The molecule has 5 nitrogen and oxygen atoms in total. The highest BCUT2D eigenvalue weighted by Crippen LogP contribution is 2.25. The van der Waals surface area contributed by atoms with E-state index in [-0.39, 0.29) is 31.0 Å². The van der Waals surface area contributed by atoms with Gasteiger partial charge in [0, 0.05) is 27.1 Å². The van der Waals surface area contributed by atoms with Crippen molar-refractivity contribution >= 4 is 50.9 Å². The van der Waals surface area contributed by atoms with Gasteiger partial charge in [-0.25, -0.2) is 0 Å². The third-order valence-electron chi connectivity index (χ3n) is 5.62. The minimum atomic E-state index is -0.622. The van der Waals surface area contributed by atoms with E-state index in [0.717, 1.165) is 35.7 Å². The smallest absolute Gasteiger partial charge is 0.261 e. The maximum absolute atomic E-state index is 13.3. The lowest BCUT2D eigenvalue weighted by Crippen LogP contribution is -2.52. The molecular weight excluding hydrogens is 515 g/mol. The molecule has 2 aromatic rings. The summed E-state index contributed by atoms with van der Waals surface area (Å²) in [7, 11) is 0. The highest BCUT2D eigenvalue weighted by molar-refractivity contribution is 9.10. The Labute approximate surface area is 207 Å². The molecule has 172 valence electrons. The average Bonchev–Trinajstić information content (AvgIpc) is 3.27. The lowest BCUT2D eigenvalue weighted by molar-refractivity contribution is -0.143. The van der Waals surface area contributed by atoms with Gasteiger partial charge < -0.3 is 15.0 Å². The number of hydrogen-bond acceptors (Lipinski definition) is 3. The van der Waals surface area contributed by atoms with E-state index in [4.69, 9.17) is 27.9 Å². The Morgan fingerprint density at radius 2 is 1.84 bits per heavy atom. The van der Waals surface area contributed by atoms with Crippen LogP contribution < -0.4 is 10.1 Å². The number of nitrogens with zero attached hydrogens (tertiary/aromatic N) is 1. The van der Waals surface area contributed by atoms with Crippen LogP contribution in [0.25, 0.3) is 0 Å². The predicted octanol–water partition coefficient (Wildman–Crippen LogP) is 6.00. The van der Waals surface area contributed by atoms with E-state index in [1.807, 2.05) is 19.1 Å². The van der Waals surface area contributed by atoms with Crippen molar-refractivity contribution in [2.75, 3.05) is 6.61 Å². The summed E-state index contributed by atoms with van der Waals surface area (Å²) in [4.78, 5) is 27.9. The van der Waals surface area contributed by atoms with E-state index in [9.17, 15) is 9.59 Å². The molecule has 8 heteroatoms. The van der Waals surface area contributed by atoms with Gasteiger partial charge in [-0.05, 0) is 61.2 Å². The zero-order valence-electron chi connectivity index (χ0n) is 18.0. The second-order valence-corrected chi connectivity index (χ2v) is 9.67. The van der Waals surface area contributed by atoms with E-state index in [1.165, 1.54) is 0 Å². The van der Waals surface area contributed by atoms with E-state index in [2.05, 4.69) is 21.2 Å². The fourth-order valence-electron chi connectivity index (χ4n) is 3.88. The second kappa shape index (κ2) is 11.9. The Balaban J connectivity index is 1.78. The van der Waals surface area contributed by atoms with E-state index in [1.54, 1.807) is 35.2 Å². The molecule has 2 amide bonds. The summed E-state index contributed by atoms with van der Waals surface area (Å²) in [6.07, 6.45) is 4.67. The van der Waals surface area contributed by atoms with Crippen molar-refractivity contribution in [2.45, 2.75) is 57.7 Å². The van der Waals surface area contributed by atoms with Gasteiger partial charge in [0.1, 0.15) is 11.8 Å². The molecule has 0 bridgehead atoms. The van der Waals surface area contributed by atoms with Crippen molar-refractivity contribution < 1.29 is 14.3 Å². The first kappa shape index (κ1) is 24.9. The summed E-state index contributed by atoms with van der Waals surface area (Å²) < 4.78 is 6.62. The first-order valence-corrected chi connectivity index (χ1v) is 12.3. The van der Waals surface area contributed by atoms with Crippen molar-refractivity contribution in [3.8, 4) is 5.75 Å². The van der Waals surface area contributed by atoms with Gasteiger partial charge in [-0.3, -0.25) is 9.59 Å². The van der Waals surface area contributed by atoms with Crippen LogP contribution in [0, 0.1) is 0 Å². The molecule has 2 aromatic carbocycles. The molecule has 0 aromatic heterocycles. The summed E-state index contributed by atoms with van der Waals surface area (Å²) in [5, 5.41) is 4.09. The number of halogens is 3. The first-order chi connectivity index (χ1) is 15.4. The van der Waals surface area contributed by atoms with Crippen LogP contribution in [0.4, 0.5) is 0 Å². The molecule has 3 rings (SSSR count). The van der Waals surface area contributed by atoms with Gasteiger partial charge in [-0.2, -0.15) is 0 Å². The maximum Gasteiger partial charge on any atom is 0.261 e. The second-order valence-electron chi connectivity index (χ2n) is 7.91. The minimum Gasteiger partial charge on any atom is -0.484 e. The molecule has 1 fully saturated rings. The van der Waals surface area contributed by atoms with Crippen LogP contribution in [0.3, 0.4) is 0 Å². The molecule has 0 aliphatic heterocycles. The molecular formula is C24H27BrCl2N2O3. The normalized spacial score (nSPS) is 14.8. The fourth-order valence-corrected chi connectivity index (χ4v) is 4.61. The van der Waals surface area contributed by atoms with E-state index < -0.39 is 6.04 Å². The van der Waals surface area contributed by atoms with Crippen LogP contribution in [0.1, 0.15) is 44.6 Å². The summed E-state index contributed by atoms with van der Waals surface area (Å²) >= 11 is 15.8. The standard InChI is InChI=1S/C24H27BrCl2N2O3/c1-2-22(24(31)28-19-5-3-4-6-19)29(14-16-7-10-18(26)13-21(16)27)23(30)15-32-20-11-8-17(25)9-12-20/h7-13,19,22H,2-6,14-15H2,1H3,(H,28,31)/t22-/m0/s1. The zero-order chi connectivity index (χ0) is 23.1. The Morgan fingerprint density at radius 3 is 2.47 bits per heavy atom. The van der Waals surface area contributed by atoms with Crippen molar-refractivity contribution in [1.29, 1.82) is 0 Å². The molecule has 1 aliphatic rings. The number of hydrogen-bond donors (Lipinski definition) is 1. The number of benzene rings is 2. The summed E-state index contributed by atoms with van der Waals surface area (Å²) in [5.74, 6) is 0.156. The van der Waals surface area contributed by atoms with Crippen molar-refractivity contribution in [3.05, 3.63) is 62.5 Å². The lowest BCUT2D eigenvalue weighted by Gasteiger charge is -2.31. The number of ether oxygens (including phenoxy) is 1. The van der Waals surface area contributed by atoms with Crippen LogP contribution in [-0.4, -0.2) is 35.4 Å². The first-order valence-electron chi connectivity index (χ1n) is 10.8.